The van der Waals surface area contributed by atoms with Gasteiger partial charge < -0.3 is 19.3 Å². The van der Waals surface area contributed by atoms with Crippen molar-refractivity contribution < 1.29 is 24.1 Å². The summed E-state index contributed by atoms with van der Waals surface area (Å²) < 4.78 is 16.2. The van der Waals surface area contributed by atoms with Crippen LogP contribution in [0, 0.1) is 0 Å². The maximum absolute atomic E-state index is 12.2. The van der Waals surface area contributed by atoms with Crippen molar-refractivity contribution in [3.8, 4) is 23.0 Å². The normalized spacial score (nSPS) is 16.1. The maximum Gasteiger partial charge on any atom is 0.240 e. The first kappa shape index (κ1) is 18.6. The van der Waals surface area contributed by atoms with E-state index < -0.39 is 0 Å². The third-order valence-corrected chi connectivity index (χ3v) is 4.52. The number of ether oxygens (including phenoxy) is 3. The predicted molar refractivity (Wildman–Crippen MR) is 101 cm³/mol. The minimum Gasteiger partial charge on any atom is -0.507 e. The molecule has 1 amide bonds. The Morgan fingerprint density at radius 3 is 2.26 bits per heavy atom. The van der Waals surface area contributed by atoms with Crippen molar-refractivity contribution in [1.82, 2.24) is 5.01 Å². The highest BCUT2D eigenvalue weighted by Gasteiger charge is 2.33. The van der Waals surface area contributed by atoms with E-state index in [1.807, 2.05) is 18.2 Å². The van der Waals surface area contributed by atoms with Crippen molar-refractivity contribution in [2.45, 2.75) is 19.4 Å². The Morgan fingerprint density at radius 2 is 1.74 bits per heavy atom. The Hall–Kier alpha value is -3.22. The van der Waals surface area contributed by atoms with Crippen molar-refractivity contribution in [2.24, 2.45) is 5.10 Å². The van der Waals surface area contributed by atoms with Gasteiger partial charge >= 0.3 is 0 Å². The lowest BCUT2D eigenvalue weighted by Crippen LogP contribution is -2.24. The number of benzene rings is 2. The molecular formula is C20H22N2O5. The largest absolute Gasteiger partial charge is 0.507 e. The molecule has 27 heavy (non-hydrogen) atoms. The molecule has 0 saturated carbocycles. The van der Waals surface area contributed by atoms with Crippen molar-refractivity contribution in [2.75, 3.05) is 21.3 Å². The number of carbonyl (C=O) groups is 1. The van der Waals surface area contributed by atoms with Gasteiger partial charge in [0.25, 0.3) is 0 Å². The third kappa shape index (κ3) is 3.40. The third-order valence-electron chi connectivity index (χ3n) is 4.52. The summed E-state index contributed by atoms with van der Waals surface area (Å²) in [5.41, 5.74) is 2.05. The molecule has 1 heterocycles. The van der Waals surface area contributed by atoms with Gasteiger partial charge in [0.1, 0.15) is 5.75 Å². The predicted octanol–water partition coefficient (Wildman–Crippen LogP) is 3.12. The minimum absolute atomic E-state index is 0.130. The fourth-order valence-electron chi connectivity index (χ4n) is 3.23. The van der Waals surface area contributed by atoms with E-state index in [1.54, 1.807) is 32.4 Å². The standard InChI is InChI=1S/C20H22N2O5/c1-12(23)22-16(11-15(21-22)14-7-5-6-8-17(14)24)13-9-18(25-2)20(27-4)19(10-13)26-3/h5-10,16,24H,11H2,1-4H3. The number of nitrogens with zero attached hydrogens (tertiary/aromatic N) is 2. The molecule has 1 unspecified atom stereocenters. The molecule has 7 nitrogen and oxygen atoms in total. The first-order valence-corrected chi connectivity index (χ1v) is 8.45. The summed E-state index contributed by atoms with van der Waals surface area (Å²) in [6.45, 7) is 1.46. The number of hydrogen-bond acceptors (Lipinski definition) is 6. The topological polar surface area (TPSA) is 80.6 Å². The second kappa shape index (κ2) is 7.57. The SMILES string of the molecule is COc1cc(C2CC(c3ccccc3O)=NN2C(C)=O)cc(OC)c1OC. The first-order chi connectivity index (χ1) is 13.0. The molecule has 0 bridgehead atoms. The van der Waals surface area contributed by atoms with Gasteiger partial charge in [-0.05, 0) is 29.8 Å². The van der Waals surface area contributed by atoms with Gasteiger partial charge in [-0.25, -0.2) is 5.01 Å². The van der Waals surface area contributed by atoms with E-state index >= 15 is 0 Å². The first-order valence-electron chi connectivity index (χ1n) is 8.45. The Bertz CT molecular complexity index is 869. The number of carbonyl (C=O) groups excluding carboxylic acids is 1. The number of phenols is 1. The number of methoxy groups -OCH3 is 3. The van der Waals surface area contributed by atoms with E-state index in [2.05, 4.69) is 5.10 Å². The summed E-state index contributed by atoms with van der Waals surface area (Å²) in [7, 11) is 4.63. The number of hydrogen-bond donors (Lipinski definition) is 1. The fourth-order valence-corrected chi connectivity index (χ4v) is 3.23. The second-order valence-corrected chi connectivity index (χ2v) is 6.11. The molecule has 1 N–H and O–H groups in total. The van der Waals surface area contributed by atoms with Crippen LogP contribution in [-0.4, -0.2) is 43.1 Å². The average Bonchev–Trinajstić information content (AvgIpc) is 3.12. The summed E-state index contributed by atoms with van der Waals surface area (Å²) in [5, 5.41) is 16.0. The molecule has 3 rings (SSSR count). The molecule has 2 aromatic rings. The molecule has 0 spiro atoms. The quantitative estimate of drug-likeness (QED) is 0.875. The van der Waals surface area contributed by atoms with Crippen LogP contribution >= 0.6 is 0 Å². The molecule has 1 atom stereocenters. The molecule has 0 aromatic heterocycles. The number of hydrazone groups is 1. The molecule has 0 aliphatic carbocycles. The van der Waals surface area contributed by atoms with Gasteiger partial charge in [-0.1, -0.05) is 12.1 Å². The summed E-state index contributed by atoms with van der Waals surface area (Å²) in [6.07, 6.45) is 0.454. The van der Waals surface area contributed by atoms with E-state index in [4.69, 9.17) is 14.2 Å². The molecule has 2 aromatic carbocycles. The molecular weight excluding hydrogens is 348 g/mol. The molecule has 1 aliphatic rings. The van der Waals surface area contributed by atoms with Gasteiger partial charge in [-0.15, -0.1) is 0 Å². The number of aromatic hydroxyl groups is 1. The zero-order valence-corrected chi connectivity index (χ0v) is 15.7. The highest BCUT2D eigenvalue weighted by atomic mass is 16.5. The van der Waals surface area contributed by atoms with Gasteiger partial charge in [0, 0.05) is 18.9 Å². The van der Waals surface area contributed by atoms with E-state index in [0.29, 0.717) is 34.9 Å². The van der Waals surface area contributed by atoms with Crippen molar-refractivity contribution in [3.63, 3.8) is 0 Å². The minimum atomic E-state index is -0.342. The Labute approximate surface area is 157 Å². The Morgan fingerprint density at radius 1 is 1.11 bits per heavy atom. The van der Waals surface area contributed by atoms with Crippen LogP contribution in [0.2, 0.25) is 0 Å². The highest BCUT2D eigenvalue weighted by molar-refractivity contribution is 6.05. The molecule has 7 heteroatoms. The number of rotatable bonds is 5. The van der Waals surface area contributed by atoms with Crippen LogP contribution in [0.3, 0.4) is 0 Å². The number of amides is 1. The molecule has 1 aliphatic heterocycles. The maximum atomic E-state index is 12.2. The number of phenolic OH excluding ortho intramolecular Hbond substituents is 1. The number of para-hydroxylation sites is 1. The van der Waals surface area contributed by atoms with Crippen LogP contribution in [0.25, 0.3) is 0 Å². The lowest BCUT2D eigenvalue weighted by atomic mass is 9.97. The van der Waals surface area contributed by atoms with Crippen LogP contribution in [0.1, 0.15) is 30.5 Å². The van der Waals surface area contributed by atoms with Gasteiger partial charge in [0.15, 0.2) is 11.5 Å². The van der Waals surface area contributed by atoms with Crippen LogP contribution in [-0.2, 0) is 4.79 Å². The summed E-state index contributed by atoms with van der Waals surface area (Å²) >= 11 is 0. The second-order valence-electron chi connectivity index (χ2n) is 6.11. The van der Waals surface area contributed by atoms with Crippen LogP contribution in [0.4, 0.5) is 0 Å². The highest BCUT2D eigenvalue weighted by Crippen LogP contribution is 2.43. The summed E-state index contributed by atoms with van der Waals surface area (Å²) in [5.74, 6) is 1.43. The average molecular weight is 370 g/mol. The smallest absolute Gasteiger partial charge is 0.240 e. The molecule has 0 fully saturated rings. The summed E-state index contributed by atoms with van der Waals surface area (Å²) in [6, 6.07) is 10.2. The molecule has 0 radical (unpaired) electrons. The van der Waals surface area contributed by atoms with Gasteiger partial charge in [-0.2, -0.15) is 5.10 Å². The van der Waals surface area contributed by atoms with E-state index in [9.17, 15) is 9.90 Å². The van der Waals surface area contributed by atoms with Crippen molar-refractivity contribution in [3.05, 3.63) is 47.5 Å². The van der Waals surface area contributed by atoms with E-state index in [-0.39, 0.29) is 17.7 Å². The monoisotopic (exact) mass is 370 g/mol. The van der Waals surface area contributed by atoms with Crippen LogP contribution < -0.4 is 14.2 Å². The van der Waals surface area contributed by atoms with Crippen LogP contribution in [0.5, 0.6) is 23.0 Å². The zero-order valence-electron chi connectivity index (χ0n) is 15.7. The lowest BCUT2D eigenvalue weighted by Gasteiger charge is -2.22. The Balaban J connectivity index is 2.04. The molecule has 0 saturated heterocycles. The van der Waals surface area contributed by atoms with Crippen LogP contribution in [0.15, 0.2) is 41.5 Å². The fraction of sp³-hybridized carbons (Fsp3) is 0.300. The zero-order chi connectivity index (χ0) is 19.6. The lowest BCUT2D eigenvalue weighted by molar-refractivity contribution is -0.130. The Kier molecular flexibility index (Phi) is 5.21. The summed E-state index contributed by atoms with van der Waals surface area (Å²) in [4.78, 5) is 12.2. The van der Waals surface area contributed by atoms with Crippen molar-refractivity contribution in [1.29, 1.82) is 0 Å². The van der Waals surface area contributed by atoms with Gasteiger partial charge in [-0.3, -0.25) is 4.79 Å². The van der Waals surface area contributed by atoms with E-state index in [0.717, 1.165) is 5.56 Å². The van der Waals surface area contributed by atoms with E-state index in [1.165, 1.54) is 19.0 Å². The molecule has 142 valence electrons. The van der Waals surface area contributed by atoms with Crippen molar-refractivity contribution >= 4 is 11.6 Å². The van der Waals surface area contributed by atoms with Gasteiger partial charge in [0.05, 0.1) is 33.1 Å². The van der Waals surface area contributed by atoms with Gasteiger partial charge in [0.2, 0.25) is 11.7 Å².